The van der Waals surface area contributed by atoms with Crippen LogP contribution in [0.3, 0.4) is 0 Å². The van der Waals surface area contributed by atoms with Gasteiger partial charge in [-0.15, -0.1) is 0 Å². The molecule has 0 radical (unpaired) electrons. The Morgan fingerprint density at radius 2 is 1.97 bits per heavy atom. The lowest BCUT2D eigenvalue weighted by Gasteiger charge is -2.06. The van der Waals surface area contributed by atoms with Crippen molar-refractivity contribution in [1.82, 2.24) is 15.5 Å². The maximum atomic E-state index is 13.0. The number of oxime groups is 1. The first kappa shape index (κ1) is 19.6. The summed E-state index contributed by atoms with van der Waals surface area (Å²) in [6.07, 6.45) is 0.323. The summed E-state index contributed by atoms with van der Waals surface area (Å²) in [5.74, 6) is 0.850. The molecule has 0 aliphatic carbocycles. The molecule has 0 saturated carbocycles. The third-order valence-corrected chi connectivity index (χ3v) is 4.58. The van der Waals surface area contributed by atoms with Crippen LogP contribution in [0.1, 0.15) is 17.8 Å². The summed E-state index contributed by atoms with van der Waals surface area (Å²) >= 11 is 0. The molecule has 8 nitrogen and oxygen atoms in total. The molecule has 1 aliphatic heterocycles. The number of benzene rings is 2. The quantitative estimate of drug-likeness (QED) is 0.643. The van der Waals surface area contributed by atoms with Crippen LogP contribution in [0.15, 0.2) is 58.2 Å². The molecule has 1 unspecified atom stereocenters. The van der Waals surface area contributed by atoms with Gasteiger partial charge in [-0.2, -0.15) is 4.98 Å². The molecule has 3 aromatic rings. The Morgan fingerprint density at radius 1 is 1.20 bits per heavy atom. The number of halogens is 1. The number of aromatic nitrogens is 2. The third kappa shape index (κ3) is 4.62. The molecular weight excluding hydrogens is 391 g/mol. The number of rotatable bonds is 7. The lowest BCUT2D eigenvalue weighted by atomic mass is 10.1. The topological polar surface area (TPSA) is 98.8 Å². The van der Waals surface area contributed by atoms with Gasteiger partial charge in [0, 0.05) is 18.5 Å². The van der Waals surface area contributed by atoms with E-state index in [0.29, 0.717) is 42.4 Å². The Balaban J connectivity index is 1.27. The standard InChI is InChI=1S/C21H19FN4O4/c1-28-16-8-2-13(3-9-16)12-23-20(27)18-10-17(29-25-18)11-19-24-21(30-26-19)14-4-6-15(22)7-5-14/h2-9,17H,10-12H2,1H3,(H,23,27). The second-order valence-corrected chi connectivity index (χ2v) is 6.73. The van der Waals surface area contributed by atoms with Crippen LogP contribution in [0.4, 0.5) is 4.39 Å². The molecule has 154 valence electrons. The lowest BCUT2D eigenvalue weighted by molar-refractivity contribution is -0.115. The molecule has 1 amide bonds. The molecule has 1 atom stereocenters. The summed E-state index contributed by atoms with van der Waals surface area (Å²) < 4.78 is 23.4. The highest BCUT2D eigenvalue weighted by Gasteiger charge is 2.27. The number of methoxy groups -OCH3 is 1. The summed E-state index contributed by atoms with van der Waals surface area (Å²) in [5, 5.41) is 10.6. The smallest absolute Gasteiger partial charge is 0.269 e. The minimum absolute atomic E-state index is 0.284. The van der Waals surface area contributed by atoms with E-state index in [1.807, 2.05) is 24.3 Å². The van der Waals surface area contributed by atoms with E-state index in [-0.39, 0.29) is 17.8 Å². The van der Waals surface area contributed by atoms with Gasteiger partial charge in [0.1, 0.15) is 23.4 Å². The van der Waals surface area contributed by atoms with Crippen molar-refractivity contribution in [2.24, 2.45) is 5.16 Å². The molecule has 1 N–H and O–H groups in total. The number of carbonyl (C=O) groups is 1. The number of ether oxygens (including phenoxy) is 1. The van der Waals surface area contributed by atoms with Crippen molar-refractivity contribution >= 4 is 11.6 Å². The van der Waals surface area contributed by atoms with E-state index in [4.69, 9.17) is 14.1 Å². The predicted octanol–water partition coefficient (Wildman–Crippen LogP) is 2.89. The van der Waals surface area contributed by atoms with Gasteiger partial charge in [-0.1, -0.05) is 22.4 Å². The van der Waals surface area contributed by atoms with Crippen molar-refractivity contribution in [2.45, 2.75) is 25.5 Å². The van der Waals surface area contributed by atoms with E-state index >= 15 is 0 Å². The first-order chi connectivity index (χ1) is 14.6. The van der Waals surface area contributed by atoms with Crippen molar-refractivity contribution in [1.29, 1.82) is 0 Å². The fourth-order valence-corrected chi connectivity index (χ4v) is 2.95. The molecule has 0 saturated heterocycles. The molecule has 4 rings (SSSR count). The zero-order valence-corrected chi connectivity index (χ0v) is 16.2. The fourth-order valence-electron chi connectivity index (χ4n) is 2.95. The largest absolute Gasteiger partial charge is 0.497 e. The molecular formula is C21H19FN4O4. The molecule has 30 heavy (non-hydrogen) atoms. The molecule has 0 bridgehead atoms. The van der Waals surface area contributed by atoms with Gasteiger partial charge in [0.25, 0.3) is 11.8 Å². The molecule has 1 aromatic heterocycles. The summed E-state index contributed by atoms with van der Waals surface area (Å²) in [7, 11) is 1.60. The monoisotopic (exact) mass is 410 g/mol. The van der Waals surface area contributed by atoms with Crippen LogP contribution in [0.25, 0.3) is 11.5 Å². The molecule has 9 heteroatoms. The van der Waals surface area contributed by atoms with Crippen LogP contribution >= 0.6 is 0 Å². The van der Waals surface area contributed by atoms with Gasteiger partial charge >= 0.3 is 0 Å². The average Bonchev–Trinajstić information content (AvgIpc) is 3.43. The number of nitrogens with zero attached hydrogens (tertiary/aromatic N) is 3. The van der Waals surface area contributed by atoms with Gasteiger partial charge in [-0.3, -0.25) is 4.79 Å². The second-order valence-electron chi connectivity index (χ2n) is 6.73. The number of hydrogen-bond donors (Lipinski definition) is 1. The Bertz CT molecular complexity index is 1050. The molecule has 0 spiro atoms. The highest BCUT2D eigenvalue weighted by atomic mass is 19.1. The maximum Gasteiger partial charge on any atom is 0.269 e. The summed E-state index contributed by atoms with van der Waals surface area (Å²) in [6.45, 7) is 0.373. The number of carbonyl (C=O) groups excluding carboxylic acids is 1. The van der Waals surface area contributed by atoms with E-state index in [9.17, 15) is 9.18 Å². The maximum absolute atomic E-state index is 13.0. The average molecular weight is 410 g/mol. The van der Waals surface area contributed by atoms with Gasteiger partial charge < -0.3 is 19.4 Å². The lowest BCUT2D eigenvalue weighted by Crippen LogP contribution is -2.30. The Morgan fingerprint density at radius 3 is 2.70 bits per heavy atom. The van der Waals surface area contributed by atoms with Crippen molar-refractivity contribution in [3.8, 4) is 17.2 Å². The van der Waals surface area contributed by atoms with Gasteiger partial charge in [0.05, 0.1) is 13.5 Å². The van der Waals surface area contributed by atoms with E-state index < -0.39 is 0 Å². The van der Waals surface area contributed by atoms with Crippen LogP contribution < -0.4 is 10.1 Å². The fraction of sp³-hybridized carbons (Fsp3) is 0.238. The molecule has 0 fully saturated rings. The summed E-state index contributed by atoms with van der Waals surface area (Å²) in [4.78, 5) is 22.0. The first-order valence-corrected chi connectivity index (χ1v) is 9.33. The molecule has 2 heterocycles. The van der Waals surface area contributed by atoms with Gasteiger partial charge in [-0.05, 0) is 42.0 Å². The van der Waals surface area contributed by atoms with Crippen LogP contribution in [-0.4, -0.2) is 35.0 Å². The molecule has 2 aromatic carbocycles. The Hall–Kier alpha value is -3.75. The summed E-state index contributed by atoms with van der Waals surface area (Å²) in [6, 6.07) is 13.2. The normalized spacial score (nSPS) is 15.4. The van der Waals surface area contributed by atoms with Crippen LogP contribution in [-0.2, 0) is 22.6 Å². The highest BCUT2D eigenvalue weighted by molar-refractivity contribution is 6.39. The van der Waals surface area contributed by atoms with E-state index in [0.717, 1.165) is 11.3 Å². The van der Waals surface area contributed by atoms with Crippen molar-refractivity contribution < 1.29 is 23.3 Å². The summed E-state index contributed by atoms with van der Waals surface area (Å²) in [5.41, 5.74) is 1.88. The SMILES string of the molecule is COc1ccc(CNC(=O)C2=NOC(Cc3noc(-c4ccc(F)cc4)n3)C2)cc1. The van der Waals surface area contributed by atoms with E-state index in [2.05, 4.69) is 20.6 Å². The number of hydrogen-bond acceptors (Lipinski definition) is 7. The second kappa shape index (κ2) is 8.73. The van der Waals surface area contributed by atoms with Crippen molar-refractivity contribution in [3.63, 3.8) is 0 Å². The van der Waals surface area contributed by atoms with Crippen molar-refractivity contribution in [3.05, 3.63) is 65.7 Å². The van der Waals surface area contributed by atoms with Crippen LogP contribution in [0, 0.1) is 5.82 Å². The zero-order chi connectivity index (χ0) is 20.9. The predicted molar refractivity (Wildman–Crippen MR) is 105 cm³/mol. The van der Waals surface area contributed by atoms with Gasteiger partial charge in [-0.25, -0.2) is 4.39 Å². The minimum atomic E-state index is -0.356. The van der Waals surface area contributed by atoms with E-state index in [1.165, 1.54) is 12.1 Å². The molecule has 1 aliphatic rings. The minimum Gasteiger partial charge on any atom is -0.497 e. The van der Waals surface area contributed by atoms with Crippen LogP contribution in [0.2, 0.25) is 0 Å². The van der Waals surface area contributed by atoms with Gasteiger partial charge in [0.2, 0.25) is 0 Å². The first-order valence-electron chi connectivity index (χ1n) is 9.33. The van der Waals surface area contributed by atoms with Crippen molar-refractivity contribution in [2.75, 3.05) is 7.11 Å². The highest BCUT2D eigenvalue weighted by Crippen LogP contribution is 2.20. The third-order valence-electron chi connectivity index (χ3n) is 4.58. The van der Waals surface area contributed by atoms with Crippen LogP contribution in [0.5, 0.6) is 5.75 Å². The Labute approximate surface area is 171 Å². The number of nitrogens with one attached hydrogen (secondary N) is 1. The number of amides is 1. The zero-order valence-electron chi connectivity index (χ0n) is 16.2. The Kier molecular flexibility index (Phi) is 5.69. The van der Waals surface area contributed by atoms with E-state index in [1.54, 1.807) is 19.2 Å². The van der Waals surface area contributed by atoms with Gasteiger partial charge in [0.15, 0.2) is 5.82 Å².